The number of nitrogens with zero attached hydrogens (tertiary/aromatic N) is 1. The molecule has 1 fully saturated rings. The number of thioether (sulfide) groups is 1. The van der Waals surface area contributed by atoms with E-state index in [2.05, 4.69) is 0 Å². The van der Waals surface area contributed by atoms with Crippen LogP contribution in [0.15, 0.2) is 17.0 Å². The van der Waals surface area contributed by atoms with Crippen LogP contribution in [0, 0.1) is 6.92 Å². The molecule has 116 valence electrons. The predicted molar refractivity (Wildman–Crippen MR) is 86.9 cm³/mol. The number of methoxy groups -OCH3 is 1. The first-order chi connectivity index (χ1) is 10.3. The van der Waals surface area contributed by atoms with Gasteiger partial charge >= 0.3 is 5.97 Å². The summed E-state index contributed by atoms with van der Waals surface area (Å²) in [5.41, 5.74) is 1.26. The molecule has 0 aliphatic carbocycles. The Hall–Kier alpha value is -2.06. The Bertz CT molecular complexity index is 699. The minimum Gasteiger partial charge on any atom is -0.504 e. The molecule has 1 saturated heterocycles. The lowest BCUT2D eigenvalue weighted by molar-refractivity contribution is -0.140. The normalized spacial score (nSPS) is 16.5. The van der Waals surface area contributed by atoms with E-state index in [1.54, 1.807) is 25.1 Å². The van der Waals surface area contributed by atoms with Gasteiger partial charge in [0.15, 0.2) is 11.5 Å². The zero-order valence-electron chi connectivity index (χ0n) is 11.8. The molecule has 6 nitrogen and oxygen atoms in total. The monoisotopic (exact) mass is 339 g/mol. The van der Waals surface area contributed by atoms with E-state index in [-0.39, 0.29) is 10.1 Å². The SMILES string of the molecule is COc1cc(/C=C2/SC(=S)N(CC(=O)O)C2=O)cc(C)c1O. The number of phenols is 1. The van der Waals surface area contributed by atoms with Crippen LogP contribution in [0.2, 0.25) is 0 Å². The number of rotatable bonds is 4. The van der Waals surface area contributed by atoms with Gasteiger partial charge in [0.05, 0.1) is 12.0 Å². The molecular weight excluding hydrogens is 326 g/mol. The van der Waals surface area contributed by atoms with Crippen LogP contribution in [0.4, 0.5) is 0 Å². The third-order valence-corrected chi connectivity index (χ3v) is 4.35. The number of carbonyl (C=O) groups excluding carboxylic acids is 1. The van der Waals surface area contributed by atoms with E-state index in [1.165, 1.54) is 7.11 Å². The summed E-state index contributed by atoms with van der Waals surface area (Å²) in [6.45, 7) is 1.25. The molecule has 1 aromatic carbocycles. The number of phenolic OH excluding ortho intramolecular Hbond substituents is 1. The number of carboxylic acid groups (broad SMARTS) is 1. The van der Waals surface area contributed by atoms with E-state index in [9.17, 15) is 14.7 Å². The lowest BCUT2D eigenvalue weighted by Gasteiger charge is -2.10. The quantitative estimate of drug-likeness (QED) is 0.641. The van der Waals surface area contributed by atoms with Gasteiger partial charge < -0.3 is 14.9 Å². The fraction of sp³-hybridized carbons (Fsp3) is 0.214. The number of thiocarbonyl (C=S) groups is 1. The Kier molecular flexibility index (Phi) is 4.72. The van der Waals surface area contributed by atoms with Gasteiger partial charge in [-0.15, -0.1) is 0 Å². The number of aromatic hydroxyl groups is 1. The van der Waals surface area contributed by atoms with Crippen molar-refractivity contribution in [1.29, 1.82) is 0 Å². The molecule has 1 heterocycles. The average Bonchev–Trinajstić information content (AvgIpc) is 2.70. The highest BCUT2D eigenvalue weighted by Crippen LogP contribution is 2.35. The molecule has 8 heteroatoms. The standard InChI is InChI=1S/C14H13NO5S2/c1-7-3-8(4-9(20-2)12(7)18)5-10-13(19)15(6-11(16)17)14(21)22-10/h3-5,18H,6H2,1-2H3,(H,16,17)/b10-5+. The number of carboxylic acids is 1. The van der Waals surface area contributed by atoms with Crippen molar-refractivity contribution < 1.29 is 24.5 Å². The first-order valence-corrected chi connectivity index (χ1v) is 7.40. The van der Waals surface area contributed by atoms with Crippen molar-refractivity contribution in [2.45, 2.75) is 6.92 Å². The molecule has 0 bridgehead atoms. The Morgan fingerprint density at radius 1 is 1.50 bits per heavy atom. The molecular formula is C14H13NO5S2. The maximum Gasteiger partial charge on any atom is 0.323 e. The Morgan fingerprint density at radius 3 is 2.77 bits per heavy atom. The number of ether oxygens (including phenoxy) is 1. The van der Waals surface area contributed by atoms with Crippen molar-refractivity contribution in [3.63, 3.8) is 0 Å². The third-order valence-electron chi connectivity index (χ3n) is 2.97. The number of amides is 1. The molecule has 0 unspecified atom stereocenters. The van der Waals surface area contributed by atoms with Crippen LogP contribution in [-0.4, -0.2) is 45.0 Å². The zero-order chi connectivity index (χ0) is 16.4. The van der Waals surface area contributed by atoms with Gasteiger partial charge in [-0.05, 0) is 36.3 Å². The minimum absolute atomic E-state index is 0.0399. The minimum atomic E-state index is -1.13. The summed E-state index contributed by atoms with van der Waals surface area (Å²) in [7, 11) is 1.44. The van der Waals surface area contributed by atoms with Crippen molar-refractivity contribution >= 4 is 46.3 Å². The van der Waals surface area contributed by atoms with Gasteiger partial charge in [0.1, 0.15) is 10.9 Å². The fourth-order valence-corrected chi connectivity index (χ4v) is 3.19. The molecule has 1 amide bonds. The molecule has 2 N–H and O–H groups in total. The summed E-state index contributed by atoms with van der Waals surface area (Å²) in [5, 5.41) is 18.6. The number of benzene rings is 1. The molecule has 2 rings (SSSR count). The molecule has 1 aliphatic heterocycles. The van der Waals surface area contributed by atoms with Crippen LogP contribution in [0.3, 0.4) is 0 Å². The highest BCUT2D eigenvalue weighted by Gasteiger charge is 2.33. The summed E-state index contributed by atoms with van der Waals surface area (Å²) in [6, 6.07) is 3.29. The van der Waals surface area contributed by atoms with Crippen molar-refractivity contribution in [1.82, 2.24) is 4.90 Å². The molecule has 0 radical (unpaired) electrons. The molecule has 1 aromatic rings. The molecule has 0 saturated carbocycles. The summed E-state index contributed by atoms with van der Waals surface area (Å²) in [5.74, 6) is -1.23. The Labute approximate surface area is 136 Å². The molecule has 22 heavy (non-hydrogen) atoms. The fourth-order valence-electron chi connectivity index (χ4n) is 1.94. The maximum atomic E-state index is 12.2. The van der Waals surface area contributed by atoms with E-state index < -0.39 is 18.4 Å². The lowest BCUT2D eigenvalue weighted by Crippen LogP contribution is -2.33. The highest BCUT2D eigenvalue weighted by molar-refractivity contribution is 8.26. The first-order valence-electron chi connectivity index (χ1n) is 6.18. The second-order valence-corrected chi connectivity index (χ2v) is 6.23. The second kappa shape index (κ2) is 6.37. The number of hydrogen-bond donors (Lipinski definition) is 2. The Balaban J connectivity index is 2.34. The van der Waals surface area contributed by atoms with Gasteiger partial charge in [-0.2, -0.15) is 0 Å². The first kappa shape index (κ1) is 16.3. The smallest absolute Gasteiger partial charge is 0.323 e. The van der Waals surface area contributed by atoms with Gasteiger partial charge in [0, 0.05) is 0 Å². The van der Waals surface area contributed by atoms with Crippen molar-refractivity contribution in [3.05, 3.63) is 28.2 Å². The van der Waals surface area contributed by atoms with Gasteiger partial charge in [-0.1, -0.05) is 24.0 Å². The van der Waals surface area contributed by atoms with Crippen LogP contribution in [0.1, 0.15) is 11.1 Å². The van der Waals surface area contributed by atoms with E-state index in [1.807, 2.05) is 0 Å². The van der Waals surface area contributed by atoms with Gasteiger partial charge in [-0.25, -0.2) is 0 Å². The second-order valence-electron chi connectivity index (χ2n) is 4.55. The number of carbonyl (C=O) groups is 2. The van der Waals surface area contributed by atoms with Crippen molar-refractivity contribution in [2.75, 3.05) is 13.7 Å². The largest absolute Gasteiger partial charge is 0.504 e. The average molecular weight is 339 g/mol. The van der Waals surface area contributed by atoms with Crippen LogP contribution < -0.4 is 4.74 Å². The zero-order valence-corrected chi connectivity index (χ0v) is 13.5. The predicted octanol–water partition coefficient (Wildman–Crippen LogP) is 2.00. The molecule has 1 aliphatic rings. The van der Waals surface area contributed by atoms with Gasteiger partial charge in [-0.3, -0.25) is 14.5 Å². The van der Waals surface area contributed by atoms with Crippen molar-refractivity contribution in [3.8, 4) is 11.5 Å². The van der Waals surface area contributed by atoms with E-state index in [4.69, 9.17) is 22.1 Å². The summed E-state index contributed by atoms with van der Waals surface area (Å²) in [6.07, 6.45) is 1.59. The van der Waals surface area contributed by atoms with E-state index in [0.29, 0.717) is 21.8 Å². The number of aliphatic carboxylic acids is 1. The Morgan fingerprint density at radius 2 is 2.18 bits per heavy atom. The molecule has 0 atom stereocenters. The van der Waals surface area contributed by atoms with E-state index >= 15 is 0 Å². The van der Waals surface area contributed by atoms with Crippen LogP contribution in [0.25, 0.3) is 6.08 Å². The molecule has 0 aromatic heterocycles. The molecule has 0 spiro atoms. The van der Waals surface area contributed by atoms with E-state index in [0.717, 1.165) is 16.7 Å². The van der Waals surface area contributed by atoms with Crippen LogP contribution in [0.5, 0.6) is 11.5 Å². The number of aryl methyl sites for hydroxylation is 1. The highest BCUT2D eigenvalue weighted by atomic mass is 32.2. The summed E-state index contributed by atoms with van der Waals surface area (Å²) in [4.78, 5) is 24.3. The summed E-state index contributed by atoms with van der Waals surface area (Å²) >= 11 is 6.07. The van der Waals surface area contributed by atoms with Crippen LogP contribution >= 0.6 is 24.0 Å². The number of hydrogen-bond acceptors (Lipinski definition) is 6. The van der Waals surface area contributed by atoms with Gasteiger partial charge in [0.25, 0.3) is 5.91 Å². The van der Waals surface area contributed by atoms with Crippen molar-refractivity contribution in [2.24, 2.45) is 0 Å². The summed E-state index contributed by atoms with van der Waals surface area (Å²) < 4.78 is 5.28. The van der Waals surface area contributed by atoms with Crippen LogP contribution in [-0.2, 0) is 9.59 Å². The van der Waals surface area contributed by atoms with Gasteiger partial charge in [0.2, 0.25) is 0 Å². The lowest BCUT2D eigenvalue weighted by atomic mass is 10.1. The maximum absolute atomic E-state index is 12.2. The third kappa shape index (κ3) is 3.23. The topological polar surface area (TPSA) is 87.1 Å².